The number of rotatable bonds is 6. The van der Waals surface area contributed by atoms with Crippen LogP contribution in [-0.4, -0.2) is 6.86 Å². The second kappa shape index (κ2) is 8.25. The smallest absolute Gasteiger partial charge is 0.426 e. The minimum absolute atomic E-state index is 0.0928. The van der Waals surface area contributed by atoms with Gasteiger partial charge in [0.25, 0.3) is 0 Å². The van der Waals surface area contributed by atoms with Gasteiger partial charge in [0.05, 0.1) is 5.56 Å². The van der Waals surface area contributed by atoms with E-state index < -0.39 is 53.3 Å². The summed E-state index contributed by atoms with van der Waals surface area (Å²) < 4.78 is 105. The summed E-state index contributed by atoms with van der Waals surface area (Å²) in [5.74, 6) is -6.94. The molecule has 0 saturated carbocycles. The molecule has 0 spiro atoms. The molecule has 0 aromatic heterocycles. The van der Waals surface area contributed by atoms with Gasteiger partial charge in [-0.1, -0.05) is 24.3 Å². The minimum Gasteiger partial charge on any atom is -0.457 e. The molecule has 0 aliphatic heterocycles. The van der Waals surface area contributed by atoms with Crippen LogP contribution in [0.1, 0.15) is 11.1 Å². The Morgan fingerprint density at radius 2 is 1.43 bits per heavy atom. The van der Waals surface area contributed by atoms with Gasteiger partial charge in [-0.2, -0.15) is 8.78 Å². The lowest BCUT2D eigenvalue weighted by Gasteiger charge is -2.19. The van der Waals surface area contributed by atoms with Gasteiger partial charge in [-0.3, -0.25) is 0 Å². The molecule has 3 rings (SSSR count). The fraction of sp³-hybridized carbons (Fsp3) is 0.143. The predicted octanol–water partition coefficient (Wildman–Crippen LogP) is 6.65. The van der Waals surface area contributed by atoms with Gasteiger partial charge in [-0.15, -0.1) is 0 Å². The highest BCUT2D eigenvalue weighted by Gasteiger charge is 2.35. The van der Waals surface area contributed by atoms with Gasteiger partial charge in [0.1, 0.15) is 5.75 Å². The van der Waals surface area contributed by atoms with Crippen LogP contribution < -0.4 is 9.47 Å². The maximum atomic E-state index is 14.4. The lowest BCUT2D eigenvalue weighted by atomic mass is 10.0. The van der Waals surface area contributed by atoms with Gasteiger partial charge in [0.2, 0.25) is 6.86 Å². The summed E-state index contributed by atoms with van der Waals surface area (Å²) in [5.41, 5.74) is -0.600. The third kappa shape index (κ3) is 4.19. The van der Waals surface area contributed by atoms with Crippen molar-refractivity contribution in [3.8, 4) is 22.6 Å². The molecule has 0 amide bonds. The van der Waals surface area contributed by atoms with Crippen LogP contribution in [0.4, 0.5) is 30.7 Å². The molecule has 3 aromatic carbocycles. The molecule has 0 radical (unpaired) electrons. The first kappa shape index (κ1) is 21.5. The summed E-state index contributed by atoms with van der Waals surface area (Å²) in [4.78, 5) is 0. The summed E-state index contributed by atoms with van der Waals surface area (Å²) >= 11 is 0. The van der Waals surface area contributed by atoms with Crippen LogP contribution in [0.5, 0.6) is 11.5 Å². The SMILES string of the molecule is Cc1ccc(-c2ccc(C(F)(F)Oc3cc(F)c(OCF)c(F)c3)cc2)c(F)c1F. The van der Waals surface area contributed by atoms with Crippen molar-refractivity contribution in [3.63, 3.8) is 0 Å². The highest BCUT2D eigenvalue weighted by Crippen LogP contribution is 2.36. The molecule has 2 nitrogen and oxygen atoms in total. The molecule has 0 aliphatic rings. The third-order valence-corrected chi connectivity index (χ3v) is 4.22. The van der Waals surface area contributed by atoms with Crippen molar-refractivity contribution < 1.29 is 40.2 Å². The second-order valence-corrected chi connectivity index (χ2v) is 6.22. The van der Waals surface area contributed by atoms with E-state index in [4.69, 9.17) is 0 Å². The van der Waals surface area contributed by atoms with Gasteiger partial charge in [0, 0.05) is 17.7 Å². The van der Waals surface area contributed by atoms with E-state index in [0.29, 0.717) is 12.1 Å². The Bertz CT molecular complexity index is 1040. The van der Waals surface area contributed by atoms with E-state index in [1.165, 1.54) is 19.1 Å². The van der Waals surface area contributed by atoms with Crippen molar-refractivity contribution in [2.45, 2.75) is 13.0 Å². The quantitative estimate of drug-likeness (QED) is 0.408. The molecular formula is C21H13F7O2. The van der Waals surface area contributed by atoms with E-state index in [2.05, 4.69) is 9.47 Å². The number of benzene rings is 3. The zero-order valence-corrected chi connectivity index (χ0v) is 15.3. The first-order valence-electron chi connectivity index (χ1n) is 8.44. The van der Waals surface area contributed by atoms with Crippen molar-refractivity contribution in [3.05, 3.63) is 82.9 Å². The van der Waals surface area contributed by atoms with Crippen molar-refractivity contribution in [2.75, 3.05) is 6.86 Å². The molecule has 0 unspecified atom stereocenters. The Morgan fingerprint density at radius 1 is 0.833 bits per heavy atom. The van der Waals surface area contributed by atoms with Crippen LogP contribution in [0.15, 0.2) is 48.5 Å². The largest absolute Gasteiger partial charge is 0.457 e. The molecule has 0 saturated heterocycles. The lowest BCUT2D eigenvalue weighted by molar-refractivity contribution is -0.185. The fourth-order valence-electron chi connectivity index (χ4n) is 2.71. The Hall–Kier alpha value is -3.23. The van der Waals surface area contributed by atoms with Crippen LogP contribution in [0.2, 0.25) is 0 Å². The molecule has 30 heavy (non-hydrogen) atoms. The normalized spacial score (nSPS) is 11.5. The standard InChI is InChI=1S/C21H13F7O2/c1-11-2-7-15(19(26)18(11)25)12-3-5-13(6-4-12)21(27,28)30-14-8-16(23)20(29-10-22)17(24)9-14/h2-9H,10H2,1H3. The van der Waals surface area contributed by atoms with E-state index in [9.17, 15) is 30.7 Å². The molecular weight excluding hydrogens is 417 g/mol. The molecule has 158 valence electrons. The molecule has 0 N–H and O–H groups in total. The molecule has 0 fully saturated rings. The minimum atomic E-state index is -4.02. The van der Waals surface area contributed by atoms with Crippen molar-refractivity contribution >= 4 is 0 Å². The van der Waals surface area contributed by atoms with Gasteiger partial charge in [-0.25, -0.2) is 22.0 Å². The lowest BCUT2D eigenvalue weighted by Crippen LogP contribution is -2.22. The van der Waals surface area contributed by atoms with Crippen LogP contribution in [0.3, 0.4) is 0 Å². The van der Waals surface area contributed by atoms with Gasteiger partial charge < -0.3 is 9.47 Å². The van der Waals surface area contributed by atoms with Crippen LogP contribution in [0, 0.1) is 30.2 Å². The van der Waals surface area contributed by atoms with E-state index in [0.717, 1.165) is 24.3 Å². The number of aryl methyl sites for hydroxylation is 1. The monoisotopic (exact) mass is 430 g/mol. The molecule has 0 bridgehead atoms. The molecule has 0 aliphatic carbocycles. The zero-order chi connectivity index (χ0) is 22.1. The first-order valence-corrected chi connectivity index (χ1v) is 8.44. The van der Waals surface area contributed by atoms with E-state index in [-0.39, 0.29) is 16.7 Å². The number of ether oxygens (including phenoxy) is 2. The summed E-state index contributed by atoms with van der Waals surface area (Å²) in [6.45, 7) is -0.132. The zero-order valence-electron chi connectivity index (χ0n) is 15.3. The molecule has 9 heteroatoms. The Kier molecular flexibility index (Phi) is 5.91. The van der Waals surface area contributed by atoms with Crippen molar-refractivity contribution in [1.29, 1.82) is 0 Å². The number of halogens is 7. The summed E-state index contributed by atoms with van der Waals surface area (Å²) in [6.07, 6.45) is -4.02. The predicted molar refractivity (Wildman–Crippen MR) is 94.0 cm³/mol. The number of hydrogen-bond acceptors (Lipinski definition) is 2. The maximum Gasteiger partial charge on any atom is 0.426 e. The second-order valence-electron chi connectivity index (χ2n) is 6.22. The Balaban J connectivity index is 1.86. The average Bonchev–Trinajstić information content (AvgIpc) is 2.69. The number of hydrogen-bond donors (Lipinski definition) is 0. The highest BCUT2D eigenvalue weighted by atomic mass is 19.3. The Labute approximate surface area is 166 Å². The highest BCUT2D eigenvalue weighted by molar-refractivity contribution is 5.65. The van der Waals surface area contributed by atoms with Crippen LogP contribution >= 0.6 is 0 Å². The van der Waals surface area contributed by atoms with E-state index in [1.807, 2.05) is 0 Å². The van der Waals surface area contributed by atoms with Gasteiger partial charge >= 0.3 is 6.11 Å². The third-order valence-electron chi connectivity index (χ3n) is 4.22. The van der Waals surface area contributed by atoms with Crippen molar-refractivity contribution in [2.24, 2.45) is 0 Å². The van der Waals surface area contributed by atoms with Crippen molar-refractivity contribution in [1.82, 2.24) is 0 Å². The fourth-order valence-corrected chi connectivity index (χ4v) is 2.71. The average molecular weight is 430 g/mol. The molecule has 3 aromatic rings. The molecule has 0 atom stereocenters. The maximum absolute atomic E-state index is 14.4. The first-order chi connectivity index (χ1) is 14.1. The van der Waals surface area contributed by atoms with Gasteiger partial charge in [-0.05, 0) is 30.2 Å². The van der Waals surface area contributed by atoms with E-state index >= 15 is 0 Å². The van der Waals surface area contributed by atoms with Crippen LogP contribution in [-0.2, 0) is 6.11 Å². The molecule has 0 heterocycles. The van der Waals surface area contributed by atoms with Gasteiger partial charge in [0.15, 0.2) is 29.0 Å². The number of alkyl halides is 3. The van der Waals surface area contributed by atoms with E-state index in [1.54, 1.807) is 0 Å². The van der Waals surface area contributed by atoms with Crippen LogP contribution in [0.25, 0.3) is 11.1 Å². The summed E-state index contributed by atoms with van der Waals surface area (Å²) in [5, 5.41) is 0. The Morgan fingerprint density at radius 3 is 2.00 bits per heavy atom. The topological polar surface area (TPSA) is 18.5 Å². The summed E-state index contributed by atoms with van der Waals surface area (Å²) in [7, 11) is 0. The summed E-state index contributed by atoms with van der Waals surface area (Å²) in [6, 6.07) is 7.54.